The Morgan fingerprint density at radius 2 is 1.80 bits per heavy atom. The van der Waals surface area contributed by atoms with Crippen LogP contribution in [0.3, 0.4) is 0 Å². The highest BCUT2D eigenvalue weighted by Gasteiger charge is 2.47. The zero-order valence-corrected chi connectivity index (χ0v) is 17.6. The lowest BCUT2D eigenvalue weighted by Gasteiger charge is -2.46. The average molecular weight is 456 g/mol. The van der Waals surface area contributed by atoms with Gasteiger partial charge in [-0.15, -0.1) is 0 Å². The van der Waals surface area contributed by atoms with E-state index in [4.69, 9.17) is 9.29 Å². The van der Waals surface area contributed by atoms with Gasteiger partial charge in [-0.2, -0.15) is 21.6 Å². The van der Waals surface area contributed by atoms with Crippen molar-refractivity contribution in [1.29, 1.82) is 0 Å². The predicted molar refractivity (Wildman–Crippen MR) is 99.9 cm³/mol. The monoisotopic (exact) mass is 456 g/mol. The topological polar surface area (TPSA) is 107 Å². The van der Waals surface area contributed by atoms with Crippen molar-refractivity contribution in [3.63, 3.8) is 0 Å². The number of fused-ring (bicyclic) bond motifs is 2. The van der Waals surface area contributed by atoms with E-state index >= 15 is 0 Å². The maximum Gasteiger partial charge on any atom is 0.426 e. The molecule has 3 unspecified atom stereocenters. The summed E-state index contributed by atoms with van der Waals surface area (Å²) in [6.07, 6.45) is -3.68. The summed E-state index contributed by atoms with van der Waals surface area (Å²) in [6, 6.07) is 0. The maximum atomic E-state index is 13.0. The molecule has 1 N–H and O–H groups in total. The second-order valence-corrected chi connectivity index (χ2v) is 9.93. The Bertz CT molecular complexity index is 763. The van der Waals surface area contributed by atoms with Crippen LogP contribution in [-0.2, 0) is 29.2 Å². The standard InChI is InChI=1S/C19H27F3O7S/c1-12(2)17(24)29-18(9-13-4-3-5-14(8-13)10-18)7-6-16(23)28-15(19(20,21)22)11-30(25,26)27/h13-15H,1,3-11H2,2H3,(H,25,26,27). The summed E-state index contributed by atoms with van der Waals surface area (Å²) >= 11 is 0. The fraction of sp³-hybridized carbons (Fsp3) is 0.789. The van der Waals surface area contributed by atoms with Gasteiger partial charge >= 0.3 is 18.1 Å². The minimum absolute atomic E-state index is 0.0334. The molecule has 11 heteroatoms. The summed E-state index contributed by atoms with van der Waals surface area (Å²) in [5.41, 5.74) is -0.821. The van der Waals surface area contributed by atoms with Gasteiger partial charge < -0.3 is 9.47 Å². The smallest absolute Gasteiger partial charge is 0.426 e. The third-order valence-corrected chi connectivity index (χ3v) is 6.38. The third kappa shape index (κ3) is 7.26. The Morgan fingerprint density at radius 1 is 1.23 bits per heavy atom. The van der Waals surface area contributed by atoms with Crippen molar-refractivity contribution in [2.45, 2.75) is 76.2 Å². The SMILES string of the molecule is C=C(C)C(=O)OC1(CCC(=O)OC(CS(=O)(=O)O)C(F)(F)F)CC2CCCC(C2)C1. The van der Waals surface area contributed by atoms with Gasteiger partial charge in [-0.05, 0) is 44.4 Å². The van der Waals surface area contributed by atoms with Gasteiger partial charge in [0.25, 0.3) is 10.1 Å². The van der Waals surface area contributed by atoms with Crippen LogP contribution in [-0.4, -0.2) is 48.5 Å². The lowest BCUT2D eigenvalue weighted by molar-refractivity contribution is -0.216. The van der Waals surface area contributed by atoms with Crippen molar-refractivity contribution in [2.75, 3.05) is 5.75 Å². The van der Waals surface area contributed by atoms with E-state index in [1.165, 1.54) is 6.92 Å². The molecule has 2 aliphatic carbocycles. The number of hydrogen-bond acceptors (Lipinski definition) is 6. The molecule has 0 amide bonds. The van der Waals surface area contributed by atoms with E-state index in [9.17, 15) is 31.2 Å². The van der Waals surface area contributed by atoms with E-state index in [1.54, 1.807) is 0 Å². The molecule has 0 aliphatic heterocycles. The van der Waals surface area contributed by atoms with E-state index in [0.29, 0.717) is 24.7 Å². The van der Waals surface area contributed by atoms with Crippen LogP contribution in [0.1, 0.15) is 58.3 Å². The molecule has 0 saturated heterocycles. The van der Waals surface area contributed by atoms with Crippen LogP contribution in [0.4, 0.5) is 13.2 Å². The summed E-state index contributed by atoms with van der Waals surface area (Å²) in [6.45, 7) is 5.03. The number of rotatable bonds is 8. The molecule has 2 aliphatic rings. The number of halogens is 3. The first kappa shape index (κ1) is 24.6. The first-order chi connectivity index (χ1) is 13.7. The number of hydrogen-bond donors (Lipinski definition) is 1. The second kappa shape index (κ2) is 9.25. The van der Waals surface area contributed by atoms with E-state index in [2.05, 4.69) is 11.3 Å². The Kier molecular flexibility index (Phi) is 7.60. The molecule has 0 aromatic carbocycles. The zero-order valence-electron chi connectivity index (χ0n) is 16.7. The fourth-order valence-corrected chi connectivity index (χ4v) is 5.10. The van der Waals surface area contributed by atoms with Gasteiger partial charge in [-0.3, -0.25) is 9.35 Å². The minimum Gasteiger partial charge on any atom is -0.456 e. The largest absolute Gasteiger partial charge is 0.456 e. The van der Waals surface area contributed by atoms with Crippen LogP contribution >= 0.6 is 0 Å². The van der Waals surface area contributed by atoms with Crippen molar-refractivity contribution in [2.24, 2.45) is 11.8 Å². The third-order valence-electron chi connectivity index (χ3n) is 5.66. The van der Waals surface area contributed by atoms with Gasteiger partial charge in [-0.1, -0.05) is 25.8 Å². The van der Waals surface area contributed by atoms with Crippen LogP contribution in [0.2, 0.25) is 0 Å². The van der Waals surface area contributed by atoms with Gasteiger partial charge in [0.1, 0.15) is 11.4 Å². The maximum absolute atomic E-state index is 13.0. The Hall–Kier alpha value is -1.62. The van der Waals surface area contributed by atoms with Gasteiger partial charge in [0.15, 0.2) is 0 Å². The molecule has 2 fully saturated rings. The summed E-state index contributed by atoms with van der Waals surface area (Å²) < 4.78 is 79.2. The Labute approximate surface area is 173 Å². The fourth-order valence-electron chi connectivity index (χ4n) is 4.46. The molecular weight excluding hydrogens is 429 g/mol. The van der Waals surface area contributed by atoms with Crippen molar-refractivity contribution >= 4 is 22.1 Å². The highest BCUT2D eigenvalue weighted by atomic mass is 32.2. The molecule has 172 valence electrons. The van der Waals surface area contributed by atoms with E-state index in [0.717, 1.165) is 25.7 Å². The number of ether oxygens (including phenoxy) is 2. The van der Waals surface area contributed by atoms with E-state index in [1.807, 2.05) is 0 Å². The Morgan fingerprint density at radius 3 is 2.27 bits per heavy atom. The molecule has 2 bridgehead atoms. The minimum atomic E-state index is -5.16. The molecule has 2 saturated carbocycles. The molecule has 0 spiro atoms. The highest BCUT2D eigenvalue weighted by Crippen LogP contribution is 2.48. The van der Waals surface area contributed by atoms with E-state index in [-0.39, 0.29) is 12.0 Å². The van der Waals surface area contributed by atoms with Crippen molar-refractivity contribution in [3.05, 3.63) is 12.2 Å². The van der Waals surface area contributed by atoms with Crippen LogP contribution < -0.4 is 0 Å². The summed E-state index contributed by atoms with van der Waals surface area (Å²) in [4.78, 5) is 24.2. The number of carbonyl (C=O) groups excluding carboxylic acids is 2. The van der Waals surface area contributed by atoms with Crippen molar-refractivity contribution < 1.29 is 45.2 Å². The molecular formula is C19H27F3O7S. The molecule has 0 heterocycles. The number of alkyl halides is 3. The quantitative estimate of drug-likeness (QED) is 0.338. The summed E-state index contributed by atoms with van der Waals surface area (Å²) in [5, 5.41) is 0. The van der Waals surface area contributed by atoms with Crippen molar-refractivity contribution in [3.8, 4) is 0 Å². The average Bonchev–Trinajstić information content (AvgIpc) is 2.57. The van der Waals surface area contributed by atoms with Gasteiger partial charge in [-0.25, -0.2) is 4.79 Å². The molecule has 0 aromatic rings. The first-order valence-electron chi connectivity index (χ1n) is 9.79. The lowest BCUT2D eigenvalue weighted by Crippen LogP contribution is -2.45. The van der Waals surface area contributed by atoms with Crippen LogP contribution in [0.15, 0.2) is 12.2 Å². The molecule has 7 nitrogen and oxygen atoms in total. The van der Waals surface area contributed by atoms with Crippen LogP contribution in [0.25, 0.3) is 0 Å². The number of carbonyl (C=O) groups is 2. The van der Waals surface area contributed by atoms with Crippen molar-refractivity contribution in [1.82, 2.24) is 0 Å². The summed E-state index contributed by atoms with van der Waals surface area (Å²) in [7, 11) is -5.01. The van der Waals surface area contributed by atoms with Crippen LogP contribution in [0, 0.1) is 11.8 Å². The van der Waals surface area contributed by atoms with Gasteiger partial charge in [0.05, 0.1) is 0 Å². The Balaban J connectivity index is 2.09. The molecule has 3 atom stereocenters. The van der Waals surface area contributed by atoms with E-state index < -0.39 is 52.1 Å². The molecule has 0 aromatic heterocycles. The van der Waals surface area contributed by atoms with Crippen LogP contribution in [0.5, 0.6) is 0 Å². The zero-order chi connectivity index (χ0) is 22.7. The molecule has 30 heavy (non-hydrogen) atoms. The number of esters is 2. The van der Waals surface area contributed by atoms with Gasteiger partial charge in [0, 0.05) is 12.0 Å². The predicted octanol–water partition coefficient (Wildman–Crippen LogP) is 3.59. The highest BCUT2D eigenvalue weighted by molar-refractivity contribution is 7.85. The second-order valence-electron chi connectivity index (χ2n) is 8.43. The first-order valence-corrected chi connectivity index (χ1v) is 11.4. The normalized spacial score (nSPS) is 27.8. The molecule has 2 rings (SSSR count). The lowest BCUT2D eigenvalue weighted by atomic mass is 9.65. The summed E-state index contributed by atoms with van der Waals surface area (Å²) in [5.74, 6) is -3.07. The van der Waals surface area contributed by atoms with Gasteiger partial charge in [0.2, 0.25) is 6.10 Å². The molecule has 0 radical (unpaired) electrons.